The molecular weight excluding hydrogens is 318 g/mol. The number of ether oxygens (including phenoxy) is 2. The van der Waals surface area contributed by atoms with Gasteiger partial charge in [-0.1, -0.05) is 15.9 Å². The van der Waals surface area contributed by atoms with Crippen LogP contribution >= 0.6 is 15.9 Å². The molecule has 0 aromatic heterocycles. The van der Waals surface area contributed by atoms with Crippen LogP contribution in [0.15, 0.2) is 22.7 Å². The predicted octanol–water partition coefficient (Wildman–Crippen LogP) is 3.68. The molecule has 0 aliphatic carbocycles. The normalized spacial score (nSPS) is 20.6. The van der Waals surface area contributed by atoms with Gasteiger partial charge in [-0.05, 0) is 62.3 Å². The van der Waals surface area contributed by atoms with E-state index in [0.29, 0.717) is 6.10 Å². The molecule has 2 atom stereocenters. The number of halogens is 1. The fourth-order valence-electron chi connectivity index (χ4n) is 2.65. The van der Waals surface area contributed by atoms with E-state index in [1.54, 1.807) is 7.11 Å². The van der Waals surface area contributed by atoms with Gasteiger partial charge < -0.3 is 15.2 Å². The topological polar surface area (TPSA) is 44.5 Å². The molecule has 0 spiro atoms. The van der Waals surface area contributed by atoms with Crippen molar-refractivity contribution in [1.29, 1.82) is 0 Å². The summed E-state index contributed by atoms with van der Waals surface area (Å²) in [5, 5.41) is 0. The average Bonchev–Trinajstić information content (AvgIpc) is 2.48. The molecule has 20 heavy (non-hydrogen) atoms. The number of benzene rings is 1. The summed E-state index contributed by atoms with van der Waals surface area (Å²) in [5.41, 5.74) is 7.48. The van der Waals surface area contributed by atoms with Gasteiger partial charge in [-0.3, -0.25) is 0 Å². The highest BCUT2D eigenvalue weighted by Gasteiger charge is 2.16. The van der Waals surface area contributed by atoms with E-state index in [1.165, 1.54) is 24.8 Å². The molecule has 1 aromatic carbocycles. The number of hydrogen-bond acceptors (Lipinski definition) is 3. The molecule has 4 heteroatoms. The number of hydrogen-bond donors (Lipinski definition) is 1. The summed E-state index contributed by atoms with van der Waals surface area (Å²) in [6.45, 7) is 0.918. The standard InChI is InChI=1S/C16H24BrNO2/c1-19-15-7-8-16(17)12(11-15)10-13(18)5-6-14-4-2-3-9-20-14/h7-8,11,13-14H,2-6,9-10,18H2,1H3. The number of nitrogens with two attached hydrogens (primary N) is 1. The highest BCUT2D eigenvalue weighted by molar-refractivity contribution is 9.10. The van der Waals surface area contributed by atoms with Crippen LogP contribution in [-0.2, 0) is 11.2 Å². The van der Waals surface area contributed by atoms with Crippen LogP contribution in [0.4, 0.5) is 0 Å². The van der Waals surface area contributed by atoms with Crippen LogP contribution in [0.1, 0.15) is 37.7 Å². The molecule has 2 unspecified atom stereocenters. The second-order valence-electron chi connectivity index (χ2n) is 5.49. The van der Waals surface area contributed by atoms with Crippen LogP contribution in [0, 0.1) is 0 Å². The van der Waals surface area contributed by atoms with Gasteiger partial charge in [0.15, 0.2) is 0 Å². The van der Waals surface area contributed by atoms with Crippen molar-refractivity contribution in [2.45, 2.75) is 50.7 Å². The molecule has 1 aromatic rings. The third-order valence-electron chi connectivity index (χ3n) is 3.87. The van der Waals surface area contributed by atoms with Crippen molar-refractivity contribution in [1.82, 2.24) is 0 Å². The Morgan fingerprint density at radius 1 is 1.45 bits per heavy atom. The van der Waals surface area contributed by atoms with E-state index >= 15 is 0 Å². The fourth-order valence-corrected chi connectivity index (χ4v) is 3.06. The minimum atomic E-state index is 0.170. The molecule has 1 heterocycles. The van der Waals surface area contributed by atoms with Gasteiger partial charge in [-0.15, -0.1) is 0 Å². The largest absolute Gasteiger partial charge is 0.497 e. The van der Waals surface area contributed by atoms with Crippen molar-refractivity contribution < 1.29 is 9.47 Å². The van der Waals surface area contributed by atoms with Crippen LogP contribution in [-0.4, -0.2) is 25.9 Å². The zero-order chi connectivity index (χ0) is 14.4. The van der Waals surface area contributed by atoms with Crippen molar-refractivity contribution in [3.8, 4) is 5.75 Å². The molecule has 1 aliphatic rings. The minimum absolute atomic E-state index is 0.170. The lowest BCUT2D eigenvalue weighted by Gasteiger charge is -2.24. The molecule has 0 radical (unpaired) electrons. The lowest BCUT2D eigenvalue weighted by Crippen LogP contribution is -2.27. The maximum Gasteiger partial charge on any atom is 0.119 e. The molecule has 0 saturated carbocycles. The highest BCUT2D eigenvalue weighted by Crippen LogP contribution is 2.25. The van der Waals surface area contributed by atoms with E-state index < -0.39 is 0 Å². The summed E-state index contributed by atoms with van der Waals surface area (Å²) in [7, 11) is 1.69. The van der Waals surface area contributed by atoms with Crippen molar-refractivity contribution >= 4 is 15.9 Å². The fraction of sp³-hybridized carbons (Fsp3) is 0.625. The van der Waals surface area contributed by atoms with Crippen LogP contribution in [0.5, 0.6) is 5.75 Å². The van der Waals surface area contributed by atoms with E-state index in [0.717, 1.165) is 36.1 Å². The van der Waals surface area contributed by atoms with Crippen LogP contribution in [0.2, 0.25) is 0 Å². The van der Waals surface area contributed by atoms with Crippen LogP contribution in [0.25, 0.3) is 0 Å². The van der Waals surface area contributed by atoms with Gasteiger partial charge in [-0.25, -0.2) is 0 Å². The Balaban J connectivity index is 1.82. The number of methoxy groups -OCH3 is 1. The zero-order valence-electron chi connectivity index (χ0n) is 12.1. The molecule has 0 bridgehead atoms. The SMILES string of the molecule is COc1ccc(Br)c(CC(N)CCC2CCCCO2)c1. The van der Waals surface area contributed by atoms with Gasteiger partial charge >= 0.3 is 0 Å². The van der Waals surface area contributed by atoms with Crippen LogP contribution < -0.4 is 10.5 Å². The first-order valence-electron chi connectivity index (χ1n) is 7.38. The van der Waals surface area contributed by atoms with Gasteiger partial charge in [-0.2, -0.15) is 0 Å². The lowest BCUT2D eigenvalue weighted by molar-refractivity contribution is 0.00915. The molecule has 1 saturated heterocycles. The third kappa shape index (κ3) is 4.76. The lowest BCUT2D eigenvalue weighted by atomic mass is 9.98. The minimum Gasteiger partial charge on any atom is -0.497 e. The predicted molar refractivity (Wildman–Crippen MR) is 85.2 cm³/mol. The Labute approximate surface area is 130 Å². The molecule has 2 rings (SSSR count). The van der Waals surface area contributed by atoms with Gasteiger partial charge in [0.05, 0.1) is 13.2 Å². The first-order valence-corrected chi connectivity index (χ1v) is 8.18. The van der Waals surface area contributed by atoms with Crippen molar-refractivity contribution in [3.63, 3.8) is 0 Å². The average molecular weight is 342 g/mol. The summed E-state index contributed by atoms with van der Waals surface area (Å²) in [4.78, 5) is 0. The molecule has 0 amide bonds. The van der Waals surface area contributed by atoms with Crippen LogP contribution in [0.3, 0.4) is 0 Å². The van der Waals surface area contributed by atoms with Crippen molar-refractivity contribution in [2.24, 2.45) is 5.73 Å². The van der Waals surface area contributed by atoms with E-state index in [4.69, 9.17) is 15.2 Å². The van der Waals surface area contributed by atoms with Gasteiger partial charge in [0, 0.05) is 17.1 Å². The van der Waals surface area contributed by atoms with Gasteiger partial charge in [0.1, 0.15) is 5.75 Å². The van der Waals surface area contributed by atoms with E-state index in [1.807, 2.05) is 12.1 Å². The smallest absolute Gasteiger partial charge is 0.119 e. The van der Waals surface area contributed by atoms with Gasteiger partial charge in [0.25, 0.3) is 0 Å². The molecular formula is C16H24BrNO2. The summed E-state index contributed by atoms with van der Waals surface area (Å²) in [6.07, 6.45) is 7.06. The maximum atomic E-state index is 6.27. The van der Waals surface area contributed by atoms with E-state index in [2.05, 4.69) is 22.0 Å². The quantitative estimate of drug-likeness (QED) is 0.858. The first kappa shape index (κ1) is 15.8. The maximum absolute atomic E-state index is 6.27. The Morgan fingerprint density at radius 2 is 2.30 bits per heavy atom. The summed E-state index contributed by atoms with van der Waals surface area (Å²) < 4.78 is 12.1. The Hall–Kier alpha value is -0.580. The second kappa shape index (κ2) is 8.01. The first-order chi connectivity index (χ1) is 9.69. The molecule has 1 fully saturated rings. The zero-order valence-corrected chi connectivity index (χ0v) is 13.7. The Morgan fingerprint density at radius 3 is 3.00 bits per heavy atom. The molecule has 112 valence electrons. The third-order valence-corrected chi connectivity index (χ3v) is 4.64. The van der Waals surface area contributed by atoms with E-state index in [9.17, 15) is 0 Å². The Kier molecular flexibility index (Phi) is 6.33. The van der Waals surface area contributed by atoms with Crippen molar-refractivity contribution in [3.05, 3.63) is 28.2 Å². The Bertz CT molecular complexity index is 419. The van der Waals surface area contributed by atoms with Gasteiger partial charge in [0.2, 0.25) is 0 Å². The molecule has 1 aliphatic heterocycles. The van der Waals surface area contributed by atoms with Crippen molar-refractivity contribution in [2.75, 3.05) is 13.7 Å². The van der Waals surface area contributed by atoms with E-state index in [-0.39, 0.29) is 6.04 Å². The molecule has 3 nitrogen and oxygen atoms in total. The summed E-state index contributed by atoms with van der Waals surface area (Å²) in [6, 6.07) is 6.20. The molecule has 2 N–H and O–H groups in total. The summed E-state index contributed by atoms with van der Waals surface area (Å²) in [5.74, 6) is 0.881. The number of rotatable bonds is 6. The second-order valence-corrected chi connectivity index (χ2v) is 6.34. The monoisotopic (exact) mass is 341 g/mol. The summed E-state index contributed by atoms with van der Waals surface area (Å²) >= 11 is 3.58. The highest BCUT2D eigenvalue weighted by atomic mass is 79.9.